The topological polar surface area (TPSA) is 59.5 Å². The molecule has 5 heteroatoms. The van der Waals surface area contributed by atoms with Crippen LogP contribution in [0.2, 0.25) is 0 Å². The predicted molar refractivity (Wildman–Crippen MR) is 112 cm³/mol. The number of imide groups is 1. The predicted octanol–water partition coefficient (Wildman–Crippen LogP) is 3.46. The summed E-state index contributed by atoms with van der Waals surface area (Å²) in [5, 5.41) is 0. The van der Waals surface area contributed by atoms with Crippen LogP contribution in [-0.4, -0.2) is 35.4 Å². The summed E-state index contributed by atoms with van der Waals surface area (Å²) in [5.41, 5.74) is 4.02. The van der Waals surface area contributed by atoms with Crippen LogP contribution in [0.25, 0.3) is 6.08 Å². The minimum atomic E-state index is -0.375. The van der Waals surface area contributed by atoms with E-state index in [4.69, 9.17) is 4.74 Å². The lowest BCUT2D eigenvalue weighted by Crippen LogP contribution is -2.39. The minimum Gasteiger partial charge on any atom is -0.496 e. The Bertz CT molecular complexity index is 1060. The minimum absolute atomic E-state index is 0.328. The summed E-state index contributed by atoms with van der Waals surface area (Å²) in [5.74, 6) is 5.81. The number of aryl methyl sites for hydroxylation is 1. The van der Waals surface area contributed by atoms with Crippen molar-refractivity contribution in [2.75, 3.05) is 13.7 Å². The zero-order valence-corrected chi connectivity index (χ0v) is 16.7. The molecular weight excluding hydrogens is 364 g/mol. The molecule has 5 nitrogen and oxygen atoms in total. The Labute approximate surface area is 170 Å². The average molecular weight is 386 g/mol. The van der Waals surface area contributed by atoms with Crippen LogP contribution < -0.4 is 4.74 Å². The molecule has 2 amide bonds. The van der Waals surface area contributed by atoms with Gasteiger partial charge in [-0.15, -0.1) is 0 Å². The lowest BCUT2D eigenvalue weighted by molar-refractivity contribution is -0.139. The maximum Gasteiger partial charge on any atom is 0.268 e. The summed E-state index contributed by atoms with van der Waals surface area (Å²) in [6.07, 6.45) is 8.76. The number of rotatable bonds is 3. The van der Waals surface area contributed by atoms with Crippen molar-refractivity contribution in [1.29, 1.82) is 0 Å². The number of aromatic nitrogens is 1. The van der Waals surface area contributed by atoms with Gasteiger partial charge in [0, 0.05) is 30.6 Å². The second-order valence-electron chi connectivity index (χ2n) is 6.69. The van der Waals surface area contributed by atoms with Crippen LogP contribution in [-0.2, 0) is 9.59 Å². The van der Waals surface area contributed by atoms with Crippen molar-refractivity contribution in [2.45, 2.75) is 20.3 Å². The lowest BCUT2D eigenvalue weighted by Gasteiger charge is -2.22. The first kappa shape index (κ1) is 20.1. The molecule has 0 radical (unpaired) electrons. The zero-order valence-electron chi connectivity index (χ0n) is 16.7. The summed E-state index contributed by atoms with van der Waals surface area (Å²) in [7, 11) is 1.62. The van der Waals surface area contributed by atoms with Gasteiger partial charge in [0.15, 0.2) is 0 Å². The maximum absolute atomic E-state index is 12.7. The molecule has 0 bridgehead atoms. The van der Waals surface area contributed by atoms with Crippen molar-refractivity contribution < 1.29 is 14.3 Å². The molecule has 0 fully saturated rings. The van der Waals surface area contributed by atoms with Gasteiger partial charge >= 0.3 is 0 Å². The third-order valence-electron chi connectivity index (χ3n) is 4.73. The number of methoxy groups -OCH3 is 1. The number of carbonyl (C=O) groups is 2. The summed E-state index contributed by atoms with van der Waals surface area (Å²) in [6, 6.07) is 7.44. The highest BCUT2D eigenvalue weighted by Crippen LogP contribution is 2.24. The van der Waals surface area contributed by atoms with Crippen LogP contribution in [0.15, 0.2) is 54.4 Å². The van der Waals surface area contributed by atoms with Crippen LogP contribution in [0.3, 0.4) is 0 Å². The molecule has 146 valence electrons. The first-order valence-electron chi connectivity index (χ1n) is 9.31. The van der Waals surface area contributed by atoms with Gasteiger partial charge in [0.1, 0.15) is 5.75 Å². The van der Waals surface area contributed by atoms with Crippen molar-refractivity contribution in [1.82, 2.24) is 9.88 Å². The van der Waals surface area contributed by atoms with Crippen LogP contribution in [0.5, 0.6) is 5.75 Å². The Kier molecular flexibility index (Phi) is 6.25. The van der Waals surface area contributed by atoms with Crippen molar-refractivity contribution in [3.05, 3.63) is 76.6 Å². The van der Waals surface area contributed by atoms with E-state index >= 15 is 0 Å². The molecule has 0 unspecified atom stereocenters. The van der Waals surface area contributed by atoms with Crippen molar-refractivity contribution in [3.8, 4) is 17.6 Å². The lowest BCUT2D eigenvalue weighted by atomic mass is 10.0. The molecule has 0 N–H and O–H groups in total. The van der Waals surface area contributed by atoms with E-state index in [-0.39, 0.29) is 11.8 Å². The number of amides is 2. The van der Waals surface area contributed by atoms with E-state index in [0.29, 0.717) is 24.1 Å². The van der Waals surface area contributed by atoms with E-state index in [2.05, 4.69) is 16.8 Å². The van der Waals surface area contributed by atoms with E-state index in [9.17, 15) is 9.59 Å². The largest absolute Gasteiger partial charge is 0.496 e. The number of benzene rings is 1. The van der Waals surface area contributed by atoms with Crippen LogP contribution in [0, 0.1) is 25.7 Å². The number of pyridine rings is 1. The van der Waals surface area contributed by atoms with Gasteiger partial charge in [-0.25, -0.2) is 0 Å². The van der Waals surface area contributed by atoms with Gasteiger partial charge < -0.3 is 4.74 Å². The summed E-state index contributed by atoms with van der Waals surface area (Å²) < 4.78 is 5.37. The molecule has 3 rings (SSSR count). The van der Waals surface area contributed by atoms with E-state index in [0.717, 1.165) is 22.4 Å². The smallest absolute Gasteiger partial charge is 0.268 e. The number of carbonyl (C=O) groups excluding carboxylic acids is 2. The molecule has 0 atom stereocenters. The van der Waals surface area contributed by atoms with E-state index in [1.54, 1.807) is 37.7 Å². The second kappa shape index (κ2) is 9.03. The summed E-state index contributed by atoms with van der Waals surface area (Å²) in [6.45, 7) is 4.32. The van der Waals surface area contributed by atoms with Gasteiger partial charge in [0.25, 0.3) is 11.8 Å². The third kappa shape index (κ3) is 4.80. The molecule has 0 spiro atoms. The Balaban J connectivity index is 1.74. The van der Waals surface area contributed by atoms with Crippen LogP contribution in [0.1, 0.15) is 28.7 Å². The van der Waals surface area contributed by atoms with Crippen molar-refractivity contribution in [2.24, 2.45) is 0 Å². The Hall–Kier alpha value is -3.65. The Morgan fingerprint density at radius 2 is 2.10 bits per heavy atom. The summed E-state index contributed by atoms with van der Waals surface area (Å²) in [4.78, 5) is 30.5. The zero-order chi connectivity index (χ0) is 20.8. The standard InChI is InChI=1S/C24H22N2O3/c1-17-14-20(15-22(29-3)18(17)2)9-11-23(27)26-13-5-7-21(24(26)28)10-8-19-6-4-12-25-16-19/h4,6-7,9,11-12,14-16H,5,13H2,1-3H3/b11-9+. The third-order valence-corrected chi connectivity index (χ3v) is 4.73. The molecule has 1 aliphatic heterocycles. The fourth-order valence-corrected chi connectivity index (χ4v) is 2.98. The average Bonchev–Trinajstić information content (AvgIpc) is 2.74. The fraction of sp³-hybridized carbons (Fsp3) is 0.208. The molecule has 0 saturated heterocycles. The highest BCUT2D eigenvalue weighted by Gasteiger charge is 2.25. The van der Waals surface area contributed by atoms with Crippen molar-refractivity contribution >= 4 is 17.9 Å². The molecular formula is C24H22N2O3. The summed E-state index contributed by atoms with van der Waals surface area (Å²) >= 11 is 0. The van der Waals surface area contributed by atoms with Gasteiger partial charge in [0.05, 0.1) is 12.7 Å². The fourth-order valence-electron chi connectivity index (χ4n) is 2.98. The Morgan fingerprint density at radius 3 is 2.83 bits per heavy atom. The van der Waals surface area contributed by atoms with Crippen molar-refractivity contribution in [3.63, 3.8) is 0 Å². The highest BCUT2D eigenvalue weighted by atomic mass is 16.5. The van der Waals surface area contributed by atoms with Gasteiger partial charge in [-0.2, -0.15) is 0 Å². The molecule has 1 aromatic carbocycles. The molecule has 0 saturated carbocycles. The molecule has 2 aromatic rings. The molecule has 29 heavy (non-hydrogen) atoms. The van der Waals surface area contributed by atoms with Crippen LogP contribution >= 0.6 is 0 Å². The number of nitrogens with zero attached hydrogens (tertiary/aromatic N) is 2. The van der Waals surface area contributed by atoms with E-state index < -0.39 is 0 Å². The van der Waals surface area contributed by atoms with Crippen LogP contribution in [0.4, 0.5) is 0 Å². The second-order valence-corrected chi connectivity index (χ2v) is 6.69. The molecule has 1 aromatic heterocycles. The number of hydrogen-bond donors (Lipinski definition) is 0. The normalized spacial score (nSPS) is 13.7. The van der Waals surface area contributed by atoms with Gasteiger partial charge in [-0.05, 0) is 61.2 Å². The molecule has 0 aliphatic carbocycles. The number of hydrogen-bond acceptors (Lipinski definition) is 4. The SMILES string of the molecule is COc1cc(/C=C/C(=O)N2CCC=C(C#Cc3cccnc3)C2=O)cc(C)c1C. The van der Waals surface area contributed by atoms with Gasteiger partial charge in [0.2, 0.25) is 0 Å². The molecule has 2 heterocycles. The van der Waals surface area contributed by atoms with E-state index in [1.807, 2.05) is 32.0 Å². The first-order chi connectivity index (χ1) is 14.0. The maximum atomic E-state index is 12.7. The Morgan fingerprint density at radius 1 is 1.28 bits per heavy atom. The molecule has 1 aliphatic rings. The quantitative estimate of drug-likeness (QED) is 0.599. The number of ether oxygens (including phenoxy) is 1. The highest BCUT2D eigenvalue weighted by molar-refractivity contribution is 6.11. The monoisotopic (exact) mass is 386 g/mol. The van der Waals surface area contributed by atoms with E-state index in [1.165, 1.54) is 11.0 Å². The first-order valence-corrected chi connectivity index (χ1v) is 9.31. The van der Waals surface area contributed by atoms with Gasteiger partial charge in [-0.3, -0.25) is 19.5 Å². The van der Waals surface area contributed by atoms with Gasteiger partial charge in [-0.1, -0.05) is 24.0 Å².